The lowest BCUT2D eigenvalue weighted by Gasteiger charge is -2.16. The van der Waals surface area contributed by atoms with Gasteiger partial charge in [0.15, 0.2) is 5.69 Å². The molecule has 4 aromatic rings. The Hall–Kier alpha value is -3.82. The Balaban J connectivity index is 1.44. The fourth-order valence-electron chi connectivity index (χ4n) is 4.24. The van der Waals surface area contributed by atoms with E-state index in [0.29, 0.717) is 29.5 Å². The number of benzene rings is 3. The number of rotatable bonds is 6. The molecule has 0 unspecified atom stereocenters. The molecule has 1 aliphatic heterocycles. The predicted molar refractivity (Wildman–Crippen MR) is 134 cm³/mol. The Morgan fingerprint density at radius 3 is 2.17 bits per heavy atom. The number of anilines is 1. The van der Waals surface area contributed by atoms with Crippen molar-refractivity contribution in [2.75, 3.05) is 18.4 Å². The van der Waals surface area contributed by atoms with Gasteiger partial charge in [-0.25, -0.2) is 13.1 Å². The molecule has 1 aliphatic rings. The standard InChI is InChI=1S/C26H24N4O4S/c31-25(27-20-12-14-21(15-13-20)35(33,34)29-16-6-7-17-29)24-22-10-4-5-11-23(22)26(32)30(28-24)18-19-8-2-1-3-9-19/h1-5,8-15H,6-7,16-18H2,(H,27,31). The Morgan fingerprint density at radius 1 is 0.857 bits per heavy atom. The van der Waals surface area contributed by atoms with Gasteiger partial charge in [0.25, 0.3) is 11.5 Å². The van der Waals surface area contributed by atoms with Crippen molar-refractivity contribution in [3.63, 3.8) is 0 Å². The van der Waals surface area contributed by atoms with Crippen molar-refractivity contribution in [3.8, 4) is 0 Å². The number of nitrogens with one attached hydrogen (secondary N) is 1. The van der Waals surface area contributed by atoms with Crippen LogP contribution in [0, 0.1) is 0 Å². The van der Waals surface area contributed by atoms with Crippen LogP contribution >= 0.6 is 0 Å². The molecule has 1 fully saturated rings. The average molecular weight is 489 g/mol. The van der Waals surface area contributed by atoms with Crippen LogP contribution in [0.2, 0.25) is 0 Å². The quantitative estimate of drug-likeness (QED) is 0.448. The summed E-state index contributed by atoms with van der Waals surface area (Å²) < 4.78 is 28.3. The van der Waals surface area contributed by atoms with Gasteiger partial charge >= 0.3 is 0 Å². The number of nitrogens with zero attached hydrogens (tertiary/aromatic N) is 3. The van der Waals surface area contributed by atoms with E-state index in [1.165, 1.54) is 21.1 Å². The molecule has 178 valence electrons. The van der Waals surface area contributed by atoms with Crippen LogP contribution in [-0.2, 0) is 16.6 Å². The minimum atomic E-state index is -3.53. The van der Waals surface area contributed by atoms with Crippen LogP contribution in [0.5, 0.6) is 0 Å². The number of carbonyl (C=O) groups is 1. The van der Waals surface area contributed by atoms with Crippen molar-refractivity contribution in [2.45, 2.75) is 24.3 Å². The van der Waals surface area contributed by atoms with E-state index in [0.717, 1.165) is 18.4 Å². The molecule has 5 rings (SSSR count). The van der Waals surface area contributed by atoms with Gasteiger partial charge in [0.1, 0.15) is 0 Å². The van der Waals surface area contributed by atoms with Crippen LogP contribution in [0.25, 0.3) is 10.8 Å². The van der Waals surface area contributed by atoms with Crippen molar-refractivity contribution in [2.24, 2.45) is 0 Å². The number of aromatic nitrogens is 2. The summed E-state index contributed by atoms with van der Waals surface area (Å²) in [5.74, 6) is -0.488. The van der Waals surface area contributed by atoms with Gasteiger partial charge < -0.3 is 5.32 Å². The summed E-state index contributed by atoms with van der Waals surface area (Å²) in [7, 11) is -3.53. The van der Waals surface area contributed by atoms with E-state index in [1.807, 2.05) is 30.3 Å². The summed E-state index contributed by atoms with van der Waals surface area (Å²) in [5.41, 5.74) is 1.16. The molecule has 1 amide bonds. The van der Waals surface area contributed by atoms with Gasteiger partial charge in [-0.3, -0.25) is 9.59 Å². The van der Waals surface area contributed by atoms with Crippen molar-refractivity contribution in [1.29, 1.82) is 0 Å². The van der Waals surface area contributed by atoms with Gasteiger partial charge in [-0.2, -0.15) is 9.40 Å². The zero-order valence-electron chi connectivity index (χ0n) is 18.9. The van der Waals surface area contributed by atoms with Crippen LogP contribution < -0.4 is 10.9 Å². The highest BCUT2D eigenvalue weighted by Crippen LogP contribution is 2.23. The summed E-state index contributed by atoms with van der Waals surface area (Å²) in [6, 6.07) is 22.4. The van der Waals surface area contributed by atoms with Crippen molar-refractivity contribution < 1.29 is 13.2 Å². The zero-order chi connectivity index (χ0) is 24.4. The third-order valence-corrected chi connectivity index (χ3v) is 7.99. The Morgan fingerprint density at radius 2 is 1.49 bits per heavy atom. The number of amides is 1. The Labute approximate surface area is 202 Å². The van der Waals surface area contributed by atoms with Crippen LogP contribution in [0.15, 0.2) is 88.6 Å². The minimum absolute atomic E-state index is 0.116. The van der Waals surface area contributed by atoms with Gasteiger partial charge in [0.05, 0.1) is 16.8 Å². The smallest absolute Gasteiger partial charge is 0.276 e. The second-order valence-corrected chi connectivity index (χ2v) is 10.4. The molecule has 0 saturated carbocycles. The van der Waals surface area contributed by atoms with Gasteiger partial charge in [0.2, 0.25) is 10.0 Å². The molecule has 3 aromatic carbocycles. The summed E-state index contributed by atoms with van der Waals surface area (Å²) >= 11 is 0. The molecule has 2 heterocycles. The maximum Gasteiger partial charge on any atom is 0.276 e. The highest BCUT2D eigenvalue weighted by molar-refractivity contribution is 7.89. The van der Waals surface area contributed by atoms with E-state index in [9.17, 15) is 18.0 Å². The van der Waals surface area contributed by atoms with Crippen LogP contribution in [0.1, 0.15) is 28.9 Å². The number of carbonyl (C=O) groups excluding carboxylic acids is 1. The third-order valence-electron chi connectivity index (χ3n) is 6.07. The third kappa shape index (κ3) is 4.60. The highest BCUT2D eigenvalue weighted by Gasteiger charge is 2.27. The molecule has 35 heavy (non-hydrogen) atoms. The van der Waals surface area contributed by atoms with Gasteiger partial charge in [-0.15, -0.1) is 0 Å². The Bertz CT molecular complexity index is 1540. The van der Waals surface area contributed by atoms with Gasteiger partial charge in [-0.1, -0.05) is 48.5 Å². The number of sulfonamides is 1. The molecule has 0 spiro atoms. The maximum absolute atomic E-state index is 13.2. The van der Waals surface area contributed by atoms with Gasteiger partial charge in [0, 0.05) is 24.2 Å². The lowest BCUT2D eigenvalue weighted by molar-refractivity contribution is 0.102. The molecular weight excluding hydrogens is 464 g/mol. The molecule has 1 N–H and O–H groups in total. The van der Waals surface area contributed by atoms with E-state index in [-0.39, 0.29) is 22.7 Å². The molecule has 1 saturated heterocycles. The zero-order valence-corrected chi connectivity index (χ0v) is 19.7. The molecular formula is C26H24N4O4S. The van der Waals surface area contributed by atoms with E-state index in [1.54, 1.807) is 36.4 Å². The predicted octanol–water partition coefficient (Wildman–Crippen LogP) is 3.48. The van der Waals surface area contributed by atoms with Crippen LogP contribution in [0.4, 0.5) is 5.69 Å². The minimum Gasteiger partial charge on any atom is -0.321 e. The molecule has 0 aliphatic carbocycles. The second kappa shape index (κ2) is 9.44. The lowest BCUT2D eigenvalue weighted by atomic mass is 10.1. The molecule has 0 radical (unpaired) electrons. The van der Waals surface area contributed by atoms with Crippen molar-refractivity contribution >= 4 is 32.4 Å². The molecule has 1 aromatic heterocycles. The van der Waals surface area contributed by atoms with Crippen LogP contribution in [-0.4, -0.2) is 41.5 Å². The number of hydrogen-bond donors (Lipinski definition) is 1. The summed E-state index contributed by atoms with van der Waals surface area (Å²) in [6.07, 6.45) is 1.72. The molecule has 0 atom stereocenters. The largest absolute Gasteiger partial charge is 0.321 e. The van der Waals surface area contributed by atoms with E-state index < -0.39 is 15.9 Å². The number of fused-ring (bicyclic) bond motifs is 1. The topological polar surface area (TPSA) is 101 Å². The fourth-order valence-corrected chi connectivity index (χ4v) is 5.76. The SMILES string of the molecule is O=C(Nc1ccc(S(=O)(=O)N2CCCC2)cc1)c1nn(Cc2ccccc2)c(=O)c2ccccc12. The summed E-state index contributed by atoms with van der Waals surface area (Å²) in [6.45, 7) is 1.28. The first-order valence-electron chi connectivity index (χ1n) is 11.4. The van der Waals surface area contributed by atoms with E-state index in [4.69, 9.17) is 0 Å². The monoisotopic (exact) mass is 488 g/mol. The molecule has 0 bridgehead atoms. The molecule has 8 nitrogen and oxygen atoms in total. The lowest BCUT2D eigenvalue weighted by Crippen LogP contribution is -2.28. The summed E-state index contributed by atoms with van der Waals surface area (Å²) in [5, 5.41) is 8.02. The fraction of sp³-hybridized carbons (Fsp3) is 0.192. The first-order chi connectivity index (χ1) is 16.9. The number of hydrogen-bond acceptors (Lipinski definition) is 5. The Kier molecular flexibility index (Phi) is 6.19. The maximum atomic E-state index is 13.2. The molecule has 9 heteroatoms. The van der Waals surface area contributed by atoms with Crippen LogP contribution in [0.3, 0.4) is 0 Å². The normalized spacial score (nSPS) is 14.3. The second-order valence-electron chi connectivity index (χ2n) is 8.43. The first-order valence-corrected chi connectivity index (χ1v) is 12.8. The van der Waals surface area contributed by atoms with E-state index >= 15 is 0 Å². The average Bonchev–Trinajstić information content (AvgIpc) is 3.43. The summed E-state index contributed by atoms with van der Waals surface area (Å²) in [4.78, 5) is 26.4. The first kappa shape index (κ1) is 22.9. The van der Waals surface area contributed by atoms with Crippen molar-refractivity contribution in [3.05, 3.63) is 100 Å². The van der Waals surface area contributed by atoms with E-state index in [2.05, 4.69) is 10.4 Å². The highest BCUT2D eigenvalue weighted by atomic mass is 32.2. The van der Waals surface area contributed by atoms with Crippen molar-refractivity contribution in [1.82, 2.24) is 14.1 Å². The van der Waals surface area contributed by atoms with Gasteiger partial charge in [-0.05, 0) is 48.7 Å².